The number of ether oxygens (including phenoxy) is 1. The van der Waals surface area contributed by atoms with Gasteiger partial charge in [-0.2, -0.15) is 22.0 Å². The predicted octanol–water partition coefficient (Wildman–Crippen LogP) is 2.83. The summed E-state index contributed by atoms with van der Waals surface area (Å²) in [5.74, 6) is -12.0. The fourth-order valence-corrected chi connectivity index (χ4v) is 1.91. The molecule has 1 saturated carbocycles. The fraction of sp³-hybridized carbons (Fsp3) is 0.727. The van der Waals surface area contributed by atoms with Crippen LogP contribution in [0.5, 0.6) is 0 Å². The van der Waals surface area contributed by atoms with Gasteiger partial charge < -0.3 is 9.84 Å². The molecule has 1 fully saturated rings. The molecule has 0 aromatic carbocycles. The molecular formula is C11H11F7O3. The number of rotatable bonds is 2. The highest BCUT2D eigenvalue weighted by atomic mass is 19.4. The van der Waals surface area contributed by atoms with Crippen molar-refractivity contribution in [2.75, 3.05) is 0 Å². The molecule has 0 spiro atoms. The molecule has 0 aliphatic heterocycles. The second-order valence-corrected chi connectivity index (χ2v) is 4.75. The lowest BCUT2D eigenvalue weighted by Gasteiger charge is -2.48. The van der Waals surface area contributed by atoms with Crippen LogP contribution < -0.4 is 0 Å². The van der Waals surface area contributed by atoms with E-state index in [4.69, 9.17) is 5.11 Å². The molecule has 1 aliphatic rings. The van der Waals surface area contributed by atoms with Gasteiger partial charge in [0.1, 0.15) is 0 Å². The number of carbonyl (C=O) groups excluding carboxylic acids is 1. The summed E-state index contributed by atoms with van der Waals surface area (Å²) in [5, 5.41) is 9.05. The highest BCUT2D eigenvalue weighted by Gasteiger charge is 2.84. The first kappa shape index (κ1) is 17.7. The molecular weight excluding hydrogens is 313 g/mol. The van der Waals surface area contributed by atoms with E-state index in [-0.39, 0.29) is 0 Å². The zero-order chi connectivity index (χ0) is 16.9. The second-order valence-electron chi connectivity index (χ2n) is 4.75. The molecule has 3 nitrogen and oxygen atoms in total. The lowest BCUT2D eigenvalue weighted by atomic mass is 9.75. The standard InChI is InChI=1S/C11H11F7O3/c1-5(2)7(19)21-6-3-4-8(12,13)10(20,9(6,14)15)11(16,17)18/h6,20H,1,3-4H2,2H3. The number of aliphatic hydroxyl groups is 1. The van der Waals surface area contributed by atoms with Crippen molar-refractivity contribution in [1.29, 1.82) is 0 Å². The maximum absolute atomic E-state index is 13.8. The van der Waals surface area contributed by atoms with E-state index < -0.39 is 54.1 Å². The molecule has 10 heteroatoms. The van der Waals surface area contributed by atoms with Gasteiger partial charge >= 0.3 is 18.1 Å². The molecule has 2 atom stereocenters. The SMILES string of the molecule is C=C(C)C(=O)OC1CCC(F)(F)C(O)(C(F)(F)F)C1(F)F. The minimum absolute atomic E-state index is 0.404. The number of hydrogen-bond acceptors (Lipinski definition) is 3. The zero-order valence-electron chi connectivity index (χ0n) is 10.6. The lowest BCUT2D eigenvalue weighted by molar-refractivity contribution is -0.420. The average Bonchev–Trinajstić information content (AvgIpc) is 2.29. The summed E-state index contributed by atoms with van der Waals surface area (Å²) in [6.07, 6.45) is -12.1. The predicted molar refractivity (Wildman–Crippen MR) is 54.8 cm³/mol. The van der Waals surface area contributed by atoms with Crippen LogP contribution in [-0.2, 0) is 9.53 Å². The summed E-state index contributed by atoms with van der Waals surface area (Å²) < 4.78 is 96.1. The van der Waals surface area contributed by atoms with Gasteiger partial charge in [-0.1, -0.05) is 6.58 Å². The Bertz CT molecular complexity index is 457. The maximum Gasteiger partial charge on any atom is 0.429 e. The van der Waals surface area contributed by atoms with Gasteiger partial charge in [-0.05, 0) is 13.3 Å². The van der Waals surface area contributed by atoms with Gasteiger partial charge in [0.25, 0.3) is 11.5 Å². The van der Waals surface area contributed by atoms with Crippen LogP contribution in [0.15, 0.2) is 12.2 Å². The van der Waals surface area contributed by atoms with E-state index in [1.165, 1.54) is 0 Å². The van der Waals surface area contributed by atoms with Crippen LogP contribution in [0.4, 0.5) is 30.7 Å². The highest BCUT2D eigenvalue weighted by molar-refractivity contribution is 5.87. The van der Waals surface area contributed by atoms with Crippen LogP contribution in [0.25, 0.3) is 0 Å². The van der Waals surface area contributed by atoms with Crippen molar-refractivity contribution in [3.63, 3.8) is 0 Å². The van der Waals surface area contributed by atoms with E-state index in [9.17, 15) is 35.5 Å². The molecule has 0 bridgehead atoms. The third-order valence-corrected chi connectivity index (χ3v) is 3.14. The third kappa shape index (κ3) is 2.49. The van der Waals surface area contributed by atoms with Crippen molar-refractivity contribution in [2.45, 2.75) is 49.5 Å². The number of esters is 1. The summed E-state index contributed by atoms with van der Waals surface area (Å²) in [6, 6.07) is 0. The molecule has 0 aromatic heterocycles. The number of halogens is 7. The molecule has 0 amide bonds. The van der Waals surface area contributed by atoms with E-state index in [0.29, 0.717) is 0 Å². The molecule has 1 rings (SSSR count). The average molecular weight is 324 g/mol. The van der Waals surface area contributed by atoms with Crippen LogP contribution in [-0.4, -0.2) is 40.8 Å². The Labute approximate surface area is 114 Å². The van der Waals surface area contributed by atoms with Gasteiger partial charge in [0.05, 0.1) is 0 Å². The third-order valence-electron chi connectivity index (χ3n) is 3.14. The minimum atomic E-state index is -6.33. The summed E-state index contributed by atoms with van der Waals surface area (Å²) >= 11 is 0. The molecule has 0 aromatic rings. The molecule has 21 heavy (non-hydrogen) atoms. The quantitative estimate of drug-likeness (QED) is 0.483. The summed E-state index contributed by atoms with van der Waals surface area (Å²) in [5.41, 5.74) is -6.02. The van der Waals surface area contributed by atoms with Gasteiger partial charge in [0.15, 0.2) is 6.10 Å². The van der Waals surface area contributed by atoms with E-state index in [2.05, 4.69) is 11.3 Å². The molecule has 0 radical (unpaired) electrons. The molecule has 0 heterocycles. The van der Waals surface area contributed by atoms with Gasteiger partial charge in [-0.15, -0.1) is 0 Å². The van der Waals surface area contributed by atoms with Crippen molar-refractivity contribution in [1.82, 2.24) is 0 Å². The number of carbonyl (C=O) groups is 1. The molecule has 122 valence electrons. The fourth-order valence-electron chi connectivity index (χ4n) is 1.91. The Morgan fingerprint density at radius 3 is 2.14 bits per heavy atom. The molecule has 0 saturated heterocycles. The summed E-state index contributed by atoms with van der Waals surface area (Å²) in [7, 11) is 0. The second kappa shape index (κ2) is 4.85. The van der Waals surface area contributed by atoms with Crippen molar-refractivity contribution >= 4 is 5.97 Å². The molecule has 1 N–H and O–H groups in total. The first-order chi connectivity index (χ1) is 9.18. The van der Waals surface area contributed by atoms with Crippen LogP contribution >= 0.6 is 0 Å². The van der Waals surface area contributed by atoms with Crippen LogP contribution in [0.3, 0.4) is 0 Å². The van der Waals surface area contributed by atoms with Crippen molar-refractivity contribution < 1.29 is 45.4 Å². The monoisotopic (exact) mass is 324 g/mol. The molecule has 1 aliphatic carbocycles. The summed E-state index contributed by atoms with van der Waals surface area (Å²) in [6.45, 7) is 4.07. The molecule has 2 unspecified atom stereocenters. The normalized spacial score (nSPS) is 31.6. The van der Waals surface area contributed by atoms with E-state index in [1.54, 1.807) is 0 Å². The van der Waals surface area contributed by atoms with Crippen LogP contribution in [0.2, 0.25) is 0 Å². The van der Waals surface area contributed by atoms with Crippen LogP contribution in [0, 0.1) is 0 Å². The number of hydrogen-bond donors (Lipinski definition) is 1. The number of alkyl halides is 7. The van der Waals surface area contributed by atoms with Gasteiger partial charge in [-0.3, -0.25) is 0 Å². The first-order valence-electron chi connectivity index (χ1n) is 5.59. The minimum Gasteiger partial charge on any atom is -0.452 e. The largest absolute Gasteiger partial charge is 0.452 e. The van der Waals surface area contributed by atoms with E-state index >= 15 is 0 Å². The van der Waals surface area contributed by atoms with Gasteiger partial charge in [-0.25, -0.2) is 13.6 Å². The Morgan fingerprint density at radius 1 is 1.29 bits per heavy atom. The van der Waals surface area contributed by atoms with Crippen molar-refractivity contribution in [3.05, 3.63) is 12.2 Å². The van der Waals surface area contributed by atoms with Crippen LogP contribution in [0.1, 0.15) is 19.8 Å². The van der Waals surface area contributed by atoms with Gasteiger partial charge in [0.2, 0.25) is 0 Å². The lowest BCUT2D eigenvalue weighted by Crippen LogP contribution is -2.75. The zero-order valence-corrected chi connectivity index (χ0v) is 10.6. The Morgan fingerprint density at radius 2 is 1.76 bits per heavy atom. The highest BCUT2D eigenvalue weighted by Crippen LogP contribution is 2.57. The maximum atomic E-state index is 13.8. The smallest absolute Gasteiger partial charge is 0.429 e. The van der Waals surface area contributed by atoms with E-state index in [1.807, 2.05) is 0 Å². The topological polar surface area (TPSA) is 46.5 Å². The van der Waals surface area contributed by atoms with E-state index in [0.717, 1.165) is 6.92 Å². The Kier molecular flexibility index (Phi) is 4.10. The van der Waals surface area contributed by atoms with Gasteiger partial charge in [0, 0.05) is 12.0 Å². The van der Waals surface area contributed by atoms with Crippen molar-refractivity contribution in [3.8, 4) is 0 Å². The first-order valence-corrected chi connectivity index (χ1v) is 5.59. The Hall–Kier alpha value is -1.32. The van der Waals surface area contributed by atoms with Crippen molar-refractivity contribution in [2.24, 2.45) is 0 Å². The summed E-state index contributed by atoms with van der Waals surface area (Å²) in [4.78, 5) is 11.1. The Balaban J connectivity index is 3.28.